The van der Waals surface area contributed by atoms with Crippen LogP contribution in [0.2, 0.25) is 0 Å². The highest BCUT2D eigenvalue weighted by Crippen LogP contribution is 2.29. The van der Waals surface area contributed by atoms with E-state index >= 15 is 0 Å². The van der Waals surface area contributed by atoms with Crippen molar-refractivity contribution in [3.8, 4) is 0 Å². The number of halogens is 4. The molecule has 0 amide bonds. The molecule has 0 radical (unpaired) electrons. The lowest BCUT2D eigenvalue weighted by molar-refractivity contribution is 0.526. The molecule has 0 fully saturated rings. The van der Waals surface area contributed by atoms with Crippen LogP contribution in [0.3, 0.4) is 0 Å². The van der Waals surface area contributed by atoms with Crippen molar-refractivity contribution in [2.75, 3.05) is 6.54 Å². The summed E-state index contributed by atoms with van der Waals surface area (Å²) >= 11 is 9.31. The van der Waals surface area contributed by atoms with E-state index in [-0.39, 0.29) is 11.9 Å². The van der Waals surface area contributed by atoms with Crippen LogP contribution >= 0.6 is 54.5 Å². The molecule has 0 saturated heterocycles. The van der Waals surface area contributed by atoms with Crippen LogP contribution in [0.5, 0.6) is 0 Å². The summed E-state index contributed by atoms with van der Waals surface area (Å²) in [6, 6.07) is 11.4. The zero-order chi connectivity index (χ0) is 15.4. The third-order valence-electron chi connectivity index (χ3n) is 3.22. The van der Waals surface area contributed by atoms with E-state index in [2.05, 4.69) is 78.8 Å². The second kappa shape index (κ2) is 8.04. The van der Waals surface area contributed by atoms with E-state index in [4.69, 9.17) is 0 Å². The molecule has 2 aromatic rings. The smallest absolute Gasteiger partial charge is 0.126 e. The van der Waals surface area contributed by atoms with Crippen LogP contribution < -0.4 is 5.32 Å². The van der Waals surface area contributed by atoms with Crippen molar-refractivity contribution in [1.82, 2.24) is 5.32 Å². The lowest BCUT2D eigenvalue weighted by atomic mass is 9.98. The SMILES string of the molecule is CCNC(Cc1cc(Br)ccc1F)c1cc(I)ccc1Br. The zero-order valence-corrected chi connectivity index (χ0v) is 16.8. The molecule has 1 atom stereocenters. The quantitative estimate of drug-likeness (QED) is 0.482. The average Bonchev–Trinajstić information content (AvgIpc) is 2.45. The summed E-state index contributed by atoms with van der Waals surface area (Å²) in [5.74, 6) is -0.164. The summed E-state index contributed by atoms with van der Waals surface area (Å²) in [4.78, 5) is 0. The van der Waals surface area contributed by atoms with Crippen LogP contribution in [0.4, 0.5) is 4.39 Å². The minimum atomic E-state index is -0.164. The lowest BCUT2D eigenvalue weighted by Gasteiger charge is -2.20. The molecule has 21 heavy (non-hydrogen) atoms. The first-order chi connectivity index (χ1) is 10.0. The molecule has 2 aromatic carbocycles. The second-order valence-electron chi connectivity index (χ2n) is 4.72. The molecule has 0 saturated carbocycles. The molecular formula is C16H15Br2FIN. The van der Waals surface area contributed by atoms with Crippen LogP contribution in [-0.2, 0) is 6.42 Å². The van der Waals surface area contributed by atoms with Crippen LogP contribution in [-0.4, -0.2) is 6.54 Å². The fourth-order valence-electron chi connectivity index (χ4n) is 2.24. The molecule has 0 aliphatic rings. The van der Waals surface area contributed by atoms with Crippen LogP contribution in [0, 0.1) is 9.39 Å². The average molecular weight is 527 g/mol. The first-order valence-electron chi connectivity index (χ1n) is 6.63. The number of rotatable bonds is 5. The van der Waals surface area contributed by atoms with E-state index in [0.29, 0.717) is 12.0 Å². The van der Waals surface area contributed by atoms with Crippen molar-refractivity contribution in [3.63, 3.8) is 0 Å². The molecule has 1 unspecified atom stereocenters. The Labute approximate surface area is 155 Å². The molecule has 2 rings (SSSR count). The Balaban J connectivity index is 2.35. The zero-order valence-electron chi connectivity index (χ0n) is 11.5. The molecule has 0 spiro atoms. The Bertz CT molecular complexity index is 634. The van der Waals surface area contributed by atoms with Gasteiger partial charge >= 0.3 is 0 Å². The molecule has 1 nitrogen and oxygen atoms in total. The van der Waals surface area contributed by atoms with Gasteiger partial charge in [0.25, 0.3) is 0 Å². The van der Waals surface area contributed by atoms with Gasteiger partial charge in [-0.05, 0) is 83.1 Å². The number of hydrogen-bond donors (Lipinski definition) is 1. The number of benzene rings is 2. The first-order valence-corrected chi connectivity index (χ1v) is 9.30. The van der Waals surface area contributed by atoms with Crippen molar-refractivity contribution in [3.05, 3.63) is 65.9 Å². The van der Waals surface area contributed by atoms with Gasteiger partial charge in [0.2, 0.25) is 0 Å². The fraction of sp³-hybridized carbons (Fsp3) is 0.250. The Hall–Kier alpha value is 0.0200. The molecule has 0 aromatic heterocycles. The van der Waals surface area contributed by atoms with Crippen molar-refractivity contribution in [1.29, 1.82) is 0 Å². The van der Waals surface area contributed by atoms with Gasteiger partial charge in [0.05, 0.1) is 0 Å². The maximum absolute atomic E-state index is 14.0. The van der Waals surface area contributed by atoms with Crippen molar-refractivity contribution in [2.45, 2.75) is 19.4 Å². The number of likely N-dealkylation sites (N-methyl/N-ethyl adjacent to an activating group) is 1. The van der Waals surface area contributed by atoms with E-state index in [1.165, 1.54) is 9.64 Å². The van der Waals surface area contributed by atoms with Gasteiger partial charge in [-0.3, -0.25) is 0 Å². The first kappa shape index (κ1) is 17.4. The molecule has 5 heteroatoms. The number of hydrogen-bond acceptors (Lipinski definition) is 1. The van der Waals surface area contributed by atoms with Crippen LogP contribution in [0.25, 0.3) is 0 Å². The van der Waals surface area contributed by atoms with E-state index in [1.807, 2.05) is 12.1 Å². The Morgan fingerprint density at radius 2 is 1.95 bits per heavy atom. The standard InChI is InChI=1S/C16H15Br2FIN/c1-2-21-16(13-9-12(20)4-5-14(13)18)8-10-7-11(17)3-6-15(10)19/h3-7,9,16,21H,2,8H2,1H3. The highest BCUT2D eigenvalue weighted by Gasteiger charge is 2.17. The predicted molar refractivity (Wildman–Crippen MR) is 101 cm³/mol. The summed E-state index contributed by atoms with van der Waals surface area (Å²) in [5.41, 5.74) is 1.87. The van der Waals surface area contributed by atoms with Crippen LogP contribution in [0.1, 0.15) is 24.1 Å². The Kier molecular flexibility index (Phi) is 6.65. The van der Waals surface area contributed by atoms with Crippen molar-refractivity contribution >= 4 is 54.5 Å². The van der Waals surface area contributed by atoms with Gasteiger partial charge in [-0.2, -0.15) is 0 Å². The van der Waals surface area contributed by atoms with Gasteiger partial charge < -0.3 is 5.32 Å². The summed E-state index contributed by atoms with van der Waals surface area (Å²) in [6.45, 7) is 2.89. The normalized spacial score (nSPS) is 12.4. The highest BCUT2D eigenvalue weighted by molar-refractivity contribution is 14.1. The molecule has 0 aliphatic carbocycles. The van der Waals surface area contributed by atoms with E-state index in [9.17, 15) is 4.39 Å². The molecule has 0 bridgehead atoms. The van der Waals surface area contributed by atoms with Crippen molar-refractivity contribution < 1.29 is 4.39 Å². The van der Waals surface area contributed by atoms with E-state index < -0.39 is 0 Å². The van der Waals surface area contributed by atoms with Gasteiger partial charge in [0.15, 0.2) is 0 Å². The summed E-state index contributed by atoms with van der Waals surface area (Å²) in [7, 11) is 0. The third-order valence-corrected chi connectivity index (χ3v) is 5.10. The molecule has 1 N–H and O–H groups in total. The molecule has 0 aliphatic heterocycles. The minimum Gasteiger partial charge on any atom is -0.310 e. The van der Waals surface area contributed by atoms with Crippen molar-refractivity contribution in [2.24, 2.45) is 0 Å². The second-order valence-corrected chi connectivity index (χ2v) is 7.73. The van der Waals surface area contributed by atoms with Gasteiger partial charge in [-0.1, -0.05) is 38.8 Å². The van der Waals surface area contributed by atoms with Gasteiger partial charge in [0, 0.05) is 18.6 Å². The maximum Gasteiger partial charge on any atom is 0.126 e. The maximum atomic E-state index is 14.0. The van der Waals surface area contributed by atoms with E-state index in [1.54, 1.807) is 6.07 Å². The lowest BCUT2D eigenvalue weighted by Crippen LogP contribution is -2.24. The fourth-order valence-corrected chi connectivity index (χ4v) is 3.69. The Morgan fingerprint density at radius 1 is 1.19 bits per heavy atom. The summed E-state index contributed by atoms with van der Waals surface area (Å²) in [6.07, 6.45) is 0.609. The van der Waals surface area contributed by atoms with Gasteiger partial charge in [-0.25, -0.2) is 4.39 Å². The summed E-state index contributed by atoms with van der Waals surface area (Å²) in [5, 5.41) is 3.45. The summed E-state index contributed by atoms with van der Waals surface area (Å²) < 4.78 is 17.1. The molecular weight excluding hydrogens is 512 g/mol. The molecule has 0 heterocycles. The number of nitrogens with one attached hydrogen (secondary N) is 1. The highest BCUT2D eigenvalue weighted by atomic mass is 127. The minimum absolute atomic E-state index is 0.0721. The molecule has 112 valence electrons. The largest absolute Gasteiger partial charge is 0.310 e. The monoisotopic (exact) mass is 525 g/mol. The van der Waals surface area contributed by atoms with Gasteiger partial charge in [-0.15, -0.1) is 0 Å². The van der Waals surface area contributed by atoms with E-state index in [0.717, 1.165) is 21.1 Å². The van der Waals surface area contributed by atoms with Gasteiger partial charge in [0.1, 0.15) is 5.82 Å². The third kappa shape index (κ3) is 4.74. The predicted octanol–water partition coefficient (Wildman–Crippen LogP) is 5.85. The topological polar surface area (TPSA) is 12.0 Å². The van der Waals surface area contributed by atoms with Crippen LogP contribution in [0.15, 0.2) is 45.3 Å². The Morgan fingerprint density at radius 3 is 2.67 bits per heavy atom.